The molecule has 32 heavy (non-hydrogen) atoms. The Bertz CT molecular complexity index is 1050. The lowest BCUT2D eigenvalue weighted by molar-refractivity contribution is -0.121. The number of nitrogens with one attached hydrogen (secondary N) is 2. The number of ether oxygens (including phenoxy) is 2. The van der Waals surface area contributed by atoms with Gasteiger partial charge in [-0.1, -0.05) is 30.3 Å². The van der Waals surface area contributed by atoms with Crippen LogP contribution < -0.4 is 15.4 Å². The first-order valence-corrected chi connectivity index (χ1v) is 10.1. The van der Waals surface area contributed by atoms with E-state index in [1.807, 2.05) is 30.3 Å². The van der Waals surface area contributed by atoms with Crippen LogP contribution in [0.3, 0.4) is 0 Å². The van der Waals surface area contributed by atoms with Crippen molar-refractivity contribution >= 4 is 23.5 Å². The van der Waals surface area contributed by atoms with Gasteiger partial charge in [0.05, 0.1) is 25.7 Å². The van der Waals surface area contributed by atoms with Gasteiger partial charge in [0, 0.05) is 17.8 Å². The molecule has 7 nitrogen and oxygen atoms in total. The normalized spacial score (nSPS) is 10.2. The second-order valence-corrected chi connectivity index (χ2v) is 6.91. The lowest BCUT2D eigenvalue weighted by Gasteiger charge is -2.09. The van der Waals surface area contributed by atoms with Crippen LogP contribution >= 0.6 is 0 Å². The van der Waals surface area contributed by atoms with E-state index < -0.39 is 5.97 Å². The minimum absolute atomic E-state index is 0.113. The summed E-state index contributed by atoms with van der Waals surface area (Å²) in [5.74, 6) is -0.0922. The molecule has 0 aliphatic heterocycles. The third kappa shape index (κ3) is 6.70. The van der Waals surface area contributed by atoms with Crippen molar-refractivity contribution in [1.82, 2.24) is 5.32 Å². The van der Waals surface area contributed by atoms with E-state index in [4.69, 9.17) is 4.74 Å². The Labute approximate surface area is 186 Å². The Morgan fingerprint density at radius 3 is 2.12 bits per heavy atom. The molecule has 0 atom stereocenters. The maximum absolute atomic E-state index is 12.4. The number of benzene rings is 3. The lowest BCUT2D eigenvalue weighted by atomic mass is 10.1. The highest BCUT2D eigenvalue weighted by atomic mass is 16.5. The number of amides is 2. The van der Waals surface area contributed by atoms with Crippen LogP contribution in [0.1, 0.15) is 32.7 Å². The van der Waals surface area contributed by atoms with Crippen molar-refractivity contribution in [3.63, 3.8) is 0 Å². The van der Waals surface area contributed by atoms with E-state index in [-0.39, 0.29) is 18.2 Å². The molecule has 3 rings (SSSR count). The SMILES string of the molecule is COC(=O)c1ccc(NC(=O)c2ccc(CNC(=O)CCOc3ccccc3)cc2)cc1. The molecule has 0 saturated carbocycles. The van der Waals surface area contributed by atoms with Crippen molar-refractivity contribution in [2.45, 2.75) is 13.0 Å². The average Bonchev–Trinajstić information content (AvgIpc) is 2.83. The number of carbonyl (C=O) groups excluding carboxylic acids is 3. The van der Waals surface area contributed by atoms with E-state index in [9.17, 15) is 14.4 Å². The molecule has 164 valence electrons. The average molecular weight is 432 g/mol. The molecule has 0 radical (unpaired) electrons. The van der Waals surface area contributed by atoms with Gasteiger partial charge in [0.2, 0.25) is 5.91 Å². The van der Waals surface area contributed by atoms with Gasteiger partial charge < -0.3 is 20.1 Å². The summed E-state index contributed by atoms with van der Waals surface area (Å²) in [5, 5.41) is 5.61. The molecular weight excluding hydrogens is 408 g/mol. The topological polar surface area (TPSA) is 93.7 Å². The fourth-order valence-electron chi connectivity index (χ4n) is 2.85. The largest absolute Gasteiger partial charge is 0.493 e. The summed E-state index contributed by atoms with van der Waals surface area (Å²) in [7, 11) is 1.31. The number of methoxy groups -OCH3 is 1. The summed E-state index contributed by atoms with van der Waals surface area (Å²) in [6, 6.07) is 22.7. The summed E-state index contributed by atoms with van der Waals surface area (Å²) < 4.78 is 10.2. The molecule has 0 bridgehead atoms. The highest BCUT2D eigenvalue weighted by molar-refractivity contribution is 6.04. The fraction of sp³-hybridized carbons (Fsp3) is 0.160. The zero-order chi connectivity index (χ0) is 22.8. The molecule has 0 unspecified atom stereocenters. The molecule has 0 aliphatic rings. The van der Waals surface area contributed by atoms with Crippen molar-refractivity contribution in [3.8, 4) is 5.75 Å². The Balaban J connectivity index is 1.43. The van der Waals surface area contributed by atoms with Crippen molar-refractivity contribution in [2.24, 2.45) is 0 Å². The molecule has 0 aromatic heterocycles. The van der Waals surface area contributed by atoms with Gasteiger partial charge in [-0.2, -0.15) is 0 Å². The molecule has 0 aliphatic carbocycles. The van der Waals surface area contributed by atoms with E-state index in [0.717, 1.165) is 11.3 Å². The lowest BCUT2D eigenvalue weighted by Crippen LogP contribution is -2.24. The Morgan fingerprint density at radius 2 is 1.47 bits per heavy atom. The number of hydrogen-bond donors (Lipinski definition) is 2. The minimum atomic E-state index is -0.436. The standard InChI is InChI=1S/C25H24N2O5/c1-31-25(30)20-11-13-21(14-12-20)27-24(29)19-9-7-18(8-10-19)17-26-23(28)15-16-32-22-5-3-2-4-6-22/h2-14H,15-17H2,1H3,(H,26,28)(H,27,29). The second-order valence-electron chi connectivity index (χ2n) is 6.91. The Morgan fingerprint density at radius 1 is 0.812 bits per heavy atom. The first-order chi connectivity index (χ1) is 15.5. The Hall–Kier alpha value is -4.13. The number of carbonyl (C=O) groups is 3. The van der Waals surface area contributed by atoms with E-state index in [0.29, 0.717) is 30.0 Å². The number of para-hydroxylation sites is 1. The summed E-state index contributed by atoms with van der Waals surface area (Å²) >= 11 is 0. The van der Waals surface area contributed by atoms with Crippen LogP contribution in [0, 0.1) is 0 Å². The monoisotopic (exact) mass is 432 g/mol. The number of rotatable bonds is 9. The predicted octanol–water partition coefficient (Wildman–Crippen LogP) is 3.81. The second kappa shape index (κ2) is 11.3. The molecule has 3 aromatic rings. The number of hydrogen-bond acceptors (Lipinski definition) is 5. The van der Waals surface area contributed by atoms with Crippen LogP contribution in [0.4, 0.5) is 5.69 Å². The first-order valence-electron chi connectivity index (χ1n) is 10.1. The van der Waals surface area contributed by atoms with Gasteiger partial charge in [0.25, 0.3) is 5.91 Å². The zero-order valence-corrected chi connectivity index (χ0v) is 17.7. The first kappa shape index (κ1) is 22.6. The fourth-order valence-corrected chi connectivity index (χ4v) is 2.85. The molecule has 2 amide bonds. The van der Waals surface area contributed by atoms with Gasteiger partial charge in [0.15, 0.2) is 0 Å². The molecular formula is C25H24N2O5. The quantitative estimate of drug-likeness (QED) is 0.502. The predicted molar refractivity (Wildman–Crippen MR) is 121 cm³/mol. The maximum Gasteiger partial charge on any atom is 0.337 e. The van der Waals surface area contributed by atoms with Gasteiger partial charge in [-0.05, 0) is 54.1 Å². The van der Waals surface area contributed by atoms with Crippen LogP contribution in [0.25, 0.3) is 0 Å². The van der Waals surface area contributed by atoms with E-state index in [1.165, 1.54) is 7.11 Å². The maximum atomic E-state index is 12.4. The van der Waals surface area contributed by atoms with Crippen LogP contribution in [0.15, 0.2) is 78.9 Å². The van der Waals surface area contributed by atoms with Gasteiger partial charge >= 0.3 is 5.97 Å². The molecule has 7 heteroatoms. The van der Waals surface area contributed by atoms with Crippen molar-refractivity contribution in [2.75, 3.05) is 19.0 Å². The molecule has 3 aromatic carbocycles. The van der Waals surface area contributed by atoms with Crippen LogP contribution in [0.5, 0.6) is 5.75 Å². The highest BCUT2D eigenvalue weighted by Crippen LogP contribution is 2.13. The molecule has 0 heterocycles. The minimum Gasteiger partial charge on any atom is -0.493 e. The molecule has 2 N–H and O–H groups in total. The summed E-state index contributed by atoms with van der Waals surface area (Å²) in [6.07, 6.45) is 0.254. The van der Waals surface area contributed by atoms with Crippen molar-refractivity contribution in [3.05, 3.63) is 95.6 Å². The third-order valence-corrected chi connectivity index (χ3v) is 4.61. The van der Waals surface area contributed by atoms with Crippen LogP contribution in [0.2, 0.25) is 0 Å². The van der Waals surface area contributed by atoms with Gasteiger partial charge in [-0.3, -0.25) is 9.59 Å². The summed E-state index contributed by atoms with van der Waals surface area (Å²) in [6.45, 7) is 0.663. The van der Waals surface area contributed by atoms with Crippen LogP contribution in [-0.4, -0.2) is 31.5 Å². The smallest absolute Gasteiger partial charge is 0.337 e. The van der Waals surface area contributed by atoms with Crippen molar-refractivity contribution in [1.29, 1.82) is 0 Å². The zero-order valence-electron chi connectivity index (χ0n) is 17.7. The summed E-state index contributed by atoms with van der Waals surface area (Å²) in [5.41, 5.74) is 2.33. The van der Waals surface area contributed by atoms with E-state index in [2.05, 4.69) is 15.4 Å². The van der Waals surface area contributed by atoms with Gasteiger partial charge in [0.1, 0.15) is 5.75 Å². The highest BCUT2D eigenvalue weighted by Gasteiger charge is 2.09. The van der Waals surface area contributed by atoms with Gasteiger partial charge in [-0.15, -0.1) is 0 Å². The number of esters is 1. The third-order valence-electron chi connectivity index (χ3n) is 4.61. The molecule has 0 saturated heterocycles. The molecule has 0 fully saturated rings. The van der Waals surface area contributed by atoms with Crippen LogP contribution in [-0.2, 0) is 16.1 Å². The van der Waals surface area contributed by atoms with Gasteiger partial charge in [-0.25, -0.2) is 4.79 Å². The van der Waals surface area contributed by atoms with Crippen molar-refractivity contribution < 1.29 is 23.9 Å². The number of anilines is 1. The summed E-state index contributed by atoms with van der Waals surface area (Å²) in [4.78, 5) is 35.9. The van der Waals surface area contributed by atoms with E-state index in [1.54, 1.807) is 48.5 Å². The Kier molecular flexibility index (Phi) is 7.97. The molecule has 0 spiro atoms. The van der Waals surface area contributed by atoms with E-state index >= 15 is 0 Å².